The topological polar surface area (TPSA) is 192 Å². The van der Waals surface area contributed by atoms with Crippen LogP contribution in [0.5, 0.6) is 0 Å². The van der Waals surface area contributed by atoms with Gasteiger partial charge in [-0.25, -0.2) is 4.57 Å². The first kappa shape index (κ1) is 53.1. The molecule has 58 heavy (non-hydrogen) atoms. The van der Waals surface area contributed by atoms with E-state index in [1.54, 1.807) is 12.2 Å². The fourth-order valence-electron chi connectivity index (χ4n) is 6.14. The molecule has 1 fully saturated rings. The Bertz CT molecular complexity index is 1340. The largest absolute Gasteiger partial charge is 0.472 e. The Hall–Kier alpha value is -2.96. The Morgan fingerprint density at radius 3 is 1.98 bits per heavy atom. The quantitative estimate of drug-likeness (QED) is 0.0206. The number of hydrogen-bond acceptors (Lipinski definition) is 11. The second kappa shape index (κ2) is 34.9. The third kappa shape index (κ3) is 28.5. The van der Waals surface area contributed by atoms with Crippen molar-refractivity contribution in [2.45, 2.75) is 154 Å². The lowest BCUT2D eigenvalue weighted by molar-refractivity contribution is -0.161. The summed E-state index contributed by atoms with van der Waals surface area (Å²) in [5.74, 6) is -1.83. The summed E-state index contributed by atoms with van der Waals surface area (Å²) in [5, 5.41) is 20.7. The molecule has 12 nitrogen and oxygen atoms in total. The number of esters is 2. The zero-order chi connectivity index (χ0) is 42.7. The minimum Gasteiger partial charge on any atom is -0.462 e. The fraction of sp³-hybridized carbons (Fsp3) is 0.667. The van der Waals surface area contributed by atoms with Crippen LogP contribution < -0.4 is 5.73 Å². The zero-order valence-electron chi connectivity index (χ0n) is 35.2. The molecule has 1 aliphatic rings. The first-order chi connectivity index (χ1) is 28.0. The lowest BCUT2D eigenvalue weighted by Crippen LogP contribution is -2.29. The average Bonchev–Trinajstić information content (AvgIpc) is 3.47. The number of nitrogens with two attached hydrogens (primary N) is 1. The summed E-state index contributed by atoms with van der Waals surface area (Å²) in [7, 11) is -4.46. The van der Waals surface area contributed by atoms with Gasteiger partial charge in [-0.1, -0.05) is 119 Å². The number of carbonyl (C=O) groups is 3. The predicted octanol–water partition coefficient (Wildman–Crippen LogP) is 8.86. The maximum Gasteiger partial charge on any atom is 0.472 e. The molecule has 5 N–H and O–H groups in total. The number of phosphoric acid groups is 1. The van der Waals surface area contributed by atoms with Crippen molar-refractivity contribution in [3.63, 3.8) is 0 Å². The zero-order valence-corrected chi connectivity index (χ0v) is 36.1. The number of phosphoric ester groups is 1. The standard InChI is InChI=1S/C45H74NO11P/c1-3-5-7-8-9-10-11-12-13-14-15-16-17-18-19-20-26-30-45(51)57-39(37-56-58(52,53)55-34-33-46)36-54-44(50)29-25-22-21-24-28-40-41(43(49)35-42(40)48)32-31-38(47)27-23-6-4-2/h9-10,12-13,15-16,18-19,21,24,31-32,38-41,43,47,49H,3-8,11,14,17,20,22-23,25-30,33-37,46H2,1-2H3,(H,52,53)/b10-9-,13-12-,16-15-,19-18-,24-21-,32-31+/t38-,39+,40+,41+,43+/m0/s1. The average molecular weight is 836 g/mol. The van der Waals surface area contributed by atoms with E-state index in [9.17, 15) is 34.1 Å². The van der Waals surface area contributed by atoms with Crippen molar-refractivity contribution >= 4 is 25.5 Å². The van der Waals surface area contributed by atoms with Crippen LogP contribution >= 0.6 is 7.82 Å². The number of hydrogen-bond donors (Lipinski definition) is 4. The lowest BCUT2D eigenvalue weighted by Gasteiger charge is -2.19. The molecule has 0 aromatic heterocycles. The van der Waals surface area contributed by atoms with E-state index in [-0.39, 0.29) is 56.6 Å². The summed E-state index contributed by atoms with van der Waals surface area (Å²) in [6.45, 7) is 3.20. The fourth-order valence-corrected chi connectivity index (χ4v) is 6.90. The highest BCUT2D eigenvalue weighted by molar-refractivity contribution is 7.47. The van der Waals surface area contributed by atoms with Gasteiger partial charge in [0.15, 0.2) is 6.10 Å². The molecule has 1 unspecified atom stereocenters. The molecule has 0 aromatic rings. The van der Waals surface area contributed by atoms with Crippen LogP contribution in [0.3, 0.4) is 0 Å². The number of aliphatic hydroxyl groups excluding tert-OH is 2. The van der Waals surface area contributed by atoms with E-state index in [4.69, 9.17) is 24.3 Å². The Balaban J connectivity index is 2.46. The molecule has 13 heteroatoms. The highest BCUT2D eigenvalue weighted by atomic mass is 31.2. The van der Waals surface area contributed by atoms with Gasteiger partial charge in [0, 0.05) is 37.6 Å². The summed E-state index contributed by atoms with van der Waals surface area (Å²) in [6.07, 6.45) is 35.9. The molecule has 1 rings (SSSR count). The molecular weight excluding hydrogens is 761 g/mol. The molecule has 0 amide bonds. The molecule has 0 saturated heterocycles. The second-order valence-corrected chi connectivity index (χ2v) is 16.1. The van der Waals surface area contributed by atoms with E-state index in [2.05, 4.69) is 50.3 Å². The van der Waals surface area contributed by atoms with E-state index in [0.717, 1.165) is 44.9 Å². The normalized spacial score (nSPS) is 19.8. The Kier molecular flexibility index (Phi) is 31.9. The summed E-state index contributed by atoms with van der Waals surface area (Å²) in [5.41, 5.74) is 5.33. The maximum absolute atomic E-state index is 12.6. The van der Waals surface area contributed by atoms with E-state index < -0.39 is 44.7 Å². The van der Waals surface area contributed by atoms with Gasteiger partial charge >= 0.3 is 19.8 Å². The number of ketones is 1. The van der Waals surface area contributed by atoms with Crippen LogP contribution in [-0.2, 0) is 37.5 Å². The van der Waals surface area contributed by atoms with Crippen LogP contribution in [-0.4, -0.2) is 77.5 Å². The molecule has 0 radical (unpaired) electrons. The van der Waals surface area contributed by atoms with Gasteiger partial charge in [-0.3, -0.25) is 23.4 Å². The molecule has 6 atom stereocenters. The summed E-state index contributed by atoms with van der Waals surface area (Å²) in [4.78, 5) is 47.5. The minimum absolute atomic E-state index is 0.00250. The monoisotopic (exact) mass is 835 g/mol. The van der Waals surface area contributed by atoms with Gasteiger partial charge in [-0.15, -0.1) is 0 Å². The van der Waals surface area contributed by atoms with Crippen molar-refractivity contribution in [2.75, 3.05) is 26.4 Å². The van der Waals surface area contributed by atoms with E-state index in [1.165, 1.54) is 19.3 Å². The van der Waals surface area contributed by atoms with Crippen LogP contribution in [0.2, 0.25) is 0 Å². The van der Waals surface area contributed by atoms with Gasteiger partial charge in [0.1, 0.15) is 12.4 Å². The van der Waals surface area contributed by atoms with Crippen LogP contribution in [0.1, 0.15) is 136 Å². The van der Waals surface area contributed by atoms with E-state index >= 15 is 0 Å². The number of unbranched alkanes of at least 4 members (excludes halogenated alkanes) is 7. The van der Waals surface area contributed by atoms with Gasteiger partial charge in [0.25, 0.3) is 0 Å². The summed E-state index contributed by atoms with van der Waals surface area (Å²) in [6, 6.07) is 0. The molecule has 1 saturated carbocycles. The third-order valence-corrected chi connectivity index (χ3v) is 10.4. The van der Waals surface area contributed by atoms with E-state index in [0.29, 0.717) is 38.5 Å². The van der Waals surface area contributed by atoms with Crippen LogP contribution in [0.15, 0.2) is 72.9 Å². The summed E-state index contributed by atoms with van der Waals surface area (Å²) >= 11 is 0. The smallest absolute Gasteiger partial charge is 0.462 e. The molecule has 0 aromatic carbocycles. The van der Waals surface area contributed by atoms with Crippen molar-refractivity contribution in [1.82, 2.24) is 0 Å². The van der Waals surface area contributed by atoms with Crippen molar-refractivity contribution in [2.24, 2.45) is 17.6 Å². The molecule has 0 aliphatic heterocycles. The Morgan fingerprint density at radius 1 is 0.793 bits per heavy atom. The van der Waals surface area contributed by atoms with Crippen molar-refractivity contribution < 1.29 is 52.6 Å². The van der Waals surface area contributed by atoms with Gasteiger partial charge < -0.3 is 30.3 Å². The van der Waals surface area contributed by atoms with Crippen LogP contribution in [0, 0.1) is 11.8 Å². The first-order valence-corrected chi connectivity index (χ1v) is 23.0. The Morgan fingerprint density at radius 2 is 1.36 bits per heavy atom. The van der Waals surface area contributed by atoms with Crippen molar-refractivity contribution in [3.8, 4) is 0 Å². The molecule has 0 heterocycles. The van der Waals surface area contributed by atoms with Gasteiger partial charge in [-0.2, -0.15) is 0 Å². The summed E-state index contributed by atoms with van der Waals surface area (Å²) < 4.78 is 32.6. The van der Waals surface area contributed by atoms with Gasteiger partial charge in [0.05, 0.1) is 25.4 Å². The highest BCUT2D eigenvalue weighted by Crippen LogP contribution is 2.43. The molecule has 1 aliphatic carbocycles. The predicted molar refractivity (Wildman–Crippen MR) is 230 cm³/mol. The van der Waals surface area contributed by atoms with Crippen molar-refractivity contribution in [1.29, 1.82) is 0 Å². The van der Waals surface area contributed by atoms with E-state index in [1.807, 2.05) is 24.3 Å². The van der Waals surface area contributed by atoms with Crippen LogP contribution in [0.4, 0.5) is 0 Å². The SMILES string of the molecule is CCCCC/C=C\C/C=C\C/C=C\C/C=C\CCCC(=O)O[C@H](COC(=O)CCC/C=C\C[C@H]1C(=O)C[C@@H](O)[C@@H]1/C=C/[C@@H](O)CCCCC)COP(=O)(O)OCCN. The number of Topliss-reactive ketones (excluding diaryl/α,β-unsaturated/α-hetero) is 1. The third-order valence-electron chi connectivity index (χ3n) is 9.43. The number of carbonyl (C=O) groups excluding carboxylic acids is 3. The van der Waals surface area contributed by atoms with Crippen molar-refractivity contribution in [3.05, 3.63) is 72.9 Å². The molecular formula is C45H74NO11P. The first-order valence-electron chi connectivity index (χ1n) is 21.5. The number of ether oxygens (including phenoxy) is 2. The lowest BCUT2D eigenvalue weighted by atomic mass is 9.90. The van der Waals surface area contributed by atoms with Crippen LogP contribution in [0.25, 0.3) is 0 Å². The molecule has 0 bridgehead atoms. The van der Waals surface area contributed by atoms with Gasteiger partial charge in [0.2, 0.25) is 0 Å². The number of allylic oxidation sites excluding steroid dienone is 10. The maximum atomic E-state index is 12.6. The number of aliphatic hydroxyl groups is 2. The Labute approximate surface area is 348 Å². The van der Waals surface area contributed by atoms with Gasteiger partial charge in [-0.05, 0) is 70.6 Å². The number of rotatable bonds is 35. The molecule has 0 spiro atoms. The molecule has 330 valence electrons. The second-order valence-electron chi connectivity index (χ2n) is 14.6. The minimum atomic E-state index is -4.46. The highest BCUT2D eigenvalue weighted by Gasteiger charge is 2.39.